The van der Waals surface area contributed by atoms with Crippen LogP contribution in [0.1, 0.15) is 21.5 Å². The lowest BCUT2D eigenvalue weighted by Gasteiger charge is -2.06. The molecule has 0 aliphatic carbocycles. The highest BCUT2D eigenvalue weighted by Crippen LogP contribution is 2.07. The number of nitrogens with one attached hydrogen (secondary N) is 1. The Bertz CT molecular complexity index is 565. The Labute approximate surface area is 117 Å². The third-order valence-electron chi connectivity index (χ3n) is 2.73. The number of nitrogens with zero attached hydrogens (tertiary/aromatic N) is 2. The third-order valence-corrected chi connectivity index (χ3v) is 3.04. The minimum atomic E-state index is -0.0872. The maximum Gasteiger partial charge on any atom is 0.251 e. The first kappa shape index (κ1) is 13.6. The van der Waals surface area contributed by atoms with Crippen molar-refractivity contribution in [1.82, 2.24) is 15.1 Å². The lowest BCUT2D eigenvalue weighted by atomic mass is 10.1. The second-order valence-electron chi connectivity index (χ2n) is 4.37. The first-order valence-corrected chi connectivity index (χ1v) is 6.64. The Balaban J connectivity index is 1.87. The van der Waals surface area contributed by atoms with Crippen LogP contribution in [-0.2, 0) is 12.4 Å². The van der Waals surface area contributed by atoms with Crippen LogP contribution in [0.5, 0.6) is 0 Å². The van der Waals surface area contributed by atoms with E-state index in [1.165, 1.54) is 0 Å². The predicted molar refractivity (Wildman–Crippen MR) is 75.3 cm³/mol. The van der Waals surface area contributed by atoms with Crippen molar-refractivity contribution >= 4 is 17.5 Å². The quantitative estimate of drug-likeness (QED) is 0.853. The van der Waals surface area contributed by atoms with Gasteiger partial charge in [0.2, 0.25) is 0 Å². The van der Waals surface area contributed by atoms with Crippen molar-refractivity contribution < 1.29 is 4.79 Å². The Morgan fingerprint density at radius 1 is 1.47 bits per heavy atom. The molecule has 0 aliphatic rings. The van der Waals surface area contributed by atoms with Crippen molar-refractivity contribution in [3.8, 4) is 0 Å². The van der Waals surface area contributed by atoms with E-state index in [1.807, 2.05) is 29.9 Å². The van der Waals surface area contributed by atoms with Crippen LogP contribution in [0.4, 0.5) is 0 Å². The van der Waals surface area contributed by atoms with Crippen LogP contribution in [0.25, 0.3) is 0 Å². The summed E-state index contributed by atoms with van der Waals surface area (Å²) in [6.07, 6.45) is 3.74. The van der Waals surface area contributed by atoms with Gasteiger partial charge in [-0.05, 0) is 30.2 Å². The van der Waals surface area contributed by atoms with Crippen molar-refractivity contribution in [2.75, 3.05) is 6.54 Å². The molecule has 0 unspecified atom stereocenters. The topological polar surface area (TPSA) is 46.9 Å². The molecule has 0 saturated carbocycles. The second-order valence-corrected chi connectivity index (χ2v) is 4.64. The smallest absolute Gasteiger partial charge is 0.251 e. The summed E-state index contributed by atoms with van der Waals surface area (Å²) in [5.74, 6) is 0.323. The summed E-state index contributed by atoms with van der Waals surface area (Å²) in [6, 6.07) is 7.32. The SMILES string of the molecule is Cc1cnn(CCNC(=O)c2cccc(CCl)c2)c1. The van der Waals surface area contributed by atoms with Crippen LogP contribution in [0.15, 0.2) is 36.7 Å². The molecule has 100 valence electrons. The predicted octanol–water partition coefficient (Wildman–Crippen LogP) is 2.36. The highest BCUT2D eigenvalue weighted by atomic mass is 35.5. The molecule has 0 fully saturated rings. The number of carbonyl (C=O) groups excluding carboxylic acids is 1. The average molecular weight is 278 g/mol. The highest BCUT2D eigenvalue weighted by molar-refractivity contribution is 6.17. The number of aryl methyl sites for hydroxylation is 1. The van der Waals surface area contributed by atoms with E-state index >= 15 is 0 Å². The van der Waals surface area contributed by atoms with Crippen molar-refractivity contribution in [2.45, 2.75) is 19.3 Å². The van der Waals surface area contributed by atoms with Crippen LogP contribution in [0.3, 0.4) is 0 Å². The number of benzene rings is 1. The van der Waals surface area contributed by atoms with E-state index in [1.54, 1.807) is 18.3 Å². The number of alkyl halides is 1. The summed E-state index contributed by atoms with van der Waals surface area (Å²) in [6.45, 7) is 3.19. The van der Waals surface area contributed by atoms with Crippen LogP contribution in [-0.4, -0.2) is 22.2 Å². The number of amides is 1. The van der Waals surface area contributed by atoms with Crippen LogP contribution in [0.2, 0.25) is 0 Å². The molecule has 0 spiro atoms. The monoisotopic (exact) mass is 277 g/mol. The summed E-state index contributed by atoms with van der Waals surface area (Å²) >= 11 is 5.75. The largest absolute Gasteiger partial charge is 0.350 e. The Kier molecular flexibility index (Phi) is 4.58. The van der Waals surface area contributed by atoms with Gasteiger partial charge in [0.05, 0.1) is 12.7 Å². The van der Waals surface area contributed by atoms with Crippen molar-refractivity contribution in [3.63, 3.8) is 0 Å². The van der Waals surface area contributed by atoms with Gasteiger partial charge in [-0.1, -0.05) is 12.1 Å². The maximum absolute atomic E-state index is 11.9. The Morgan fingerprint density at radius 2 is 2.32 bits per heavy atom. The van der Waals surface area contributed by atoms with E-state index in [4.69, 9.17) is 11.6 Å². The minimum Gasteiger partial charge on any atom is -0.350 e. The standard InChI is InChI=1S/C14H16ClN3O/c1-11-9-17-18(10-11)6-5-16-14(19)13-4-2-3-12(7-13)8-15/h2-4,7,9-10H,5-6,8H2,1H3,(H,16,19). The molecule has 2 aromatic rings. The second kappa shape index (κ2) is 6.38. The summed E-state index contributed by atoms with van der Waals surface area (Å²) in [5.41, 5.74) is 2.69. The molecule has 1 aromatic heterocycles. The fourth-order valence-electron chi connectivity index (χ4n) is 1.77. The van der Waals surface area contributed by atoms with E-state index in [0.29, 0.717) is 24.5 Å². The van der Waals surface area contributed by atoms with E-state index in [0.717, 1.165) is 11.1 Å². The number of hydrogen-bond donors (Lipinski definition) is 1. The minimum absolute atomic E-state index is 0.0872. The Morgan fingerprint density at radius 3 is 3.00 bits per heavy atom. The molecule has 2 rings (SSSR count). The molecular weight excluding hydrogens is 262 g/mol. The first-order valence-electron chi connectivity index (χ1n) is 6.11. The molecule has 1 N–H and O–H groups in total. The van der Waals surface area contributed by atoms with Gasteiger partial charge in [-0.25, -0.2) is 0 Å². The van der Waals surface area contributed by atoms with Gasteiger partial charge in [0, 0.05) is 24.2 Å². The molecule has 1 aromatic carbocycles. The molecule has 1 amide bonds. The molecule has 5 heteroatoms. The number of rotatable bonds is 5. The summed E-state index contributed by atoms with van der Waals surface area (Å²) in [4.78, 5) is 11.9. The fraction of sp³-hybridized carbons (Fsp3) is 0.286. The van der Waals surface area contributed by atoms with Gasteiger partial charge in [0.25, 0.3) is 5.91 Å². The summed E-state index contributed by atoms with van der Waals surface area (Å²) in [5, 5.41) is 7.03. The zero-order valence-corrected chi connectivity index (χ0v) is 11.5. The molecule has 0 atom stereocenters. The van der Waals surface area contributed by atoms with Gasteiger partial charge in [0.1, 0.15) is 0 Å². The highest BCUT2D eigenvalue weighted by Gasteiger charge is 2.05. The first-order chi connectivity index (χ1) is 9.19. The van der Waals surface area contributed by atoms with Gasteiger partial charge >= 0.3 is 0 Å². The van der Waals surface area contributed by atoms with Crippen molar-refractivity contribution in [2.24, 2.45) is 0 Å². The fourth-order valence-corrected chi connectivity index (χ4v) is 1.94. The van der Waals surface area contributed by atoms with Crippen LogP contribution in [0, 0.1) is 6.92 Å². The number of carbonyl (C=O) groups is 1. The normalized spacial score (nSPS) is 10.4. The molecule has 0 bridgehead atoms. The van der Waals surface area contributed by atoms with Crippen LogP contribution < -0.4 is 5.32 Å². The van der Waals surface area contributed by atoms with E-state index in [2.05, 4.69) is 10.4 Å². The van der Waals surface area contributed by atoms with E-state index < -0.39 is 0 Å². The molecular formula is C14H16ClN3O. The molecule has 19 heavy (non-hydrogen) atoms. The third kappa shape index (κ3) is 3.83. The van der Waals surface area contributed by atoms with Gasteiger partial charge < -0.3 is 5.32 Å². The number of halogens is 1. The Hall–Kier alpha value is -1.81. The maximum atomic E-state index is 11.9. The van der Waals surface area contributed by atoms with Gasteiger partial charge in [0.15, 0.2) is 0 Å². The zero-order valence-electron chi connectivity index (χ0n) is 10.8. The molecule has 1 heterocycles. The van der Waals surface area contributed by atoms with E-state index in [-0.39, 0.29) is 5.91 Å². The molecule has 0 saturated heterocycles. The number of aromatic nitrogens is 2. The lowest BCUT2D eigenvalue weighted by Crippen LogP contribution is -2.27. The van der Waals surface area contributed by atoms with Gasteiger partial charge in [-0.15, -0.1) is 11.6 Å². The lowest BCUT2D eigenvalue weighted by molar-refractivity contribution is 0.0952. The number of hydrogen-bond acceptors (Lipinski definition) is 2. The summed E-state index contributed by atoms with van der Waals surface area (Å²) in [7, 11) is 0. The average Bonchev–Trinajstić information content (AvgIpc) is 2.84. The molecule has 0 aliphatic heterocycles. The zero-order chi connectivity index (χ0) is 13.7. The summed E-state index contributed by atoms with van der Waals surface area (Å²) < 4.78 is 1.81. The molecule has 4 nitrogen and oxygen atoms in total. The van der Waals surface area contributed by atoms with Crippen molar-refractivity contribution in [1.29, 1.82) is 0 Å². The van der Waals surface area contributed by atoms with Gasteiger partial charge in [-0.3, -0.25) is 9.48 Å². The molecule has 0 radical (unpaired) electrons. The van der Waals surface area contributed by atoms with Crippen LogP contribution >= 0.6 is 11.6 Å². The van der Waals surface area contributed by atoms with E-state index in [9.17, 15) is 4.79 Å². The van der Waals surface area contributed by atoms with Crippen molar-refractivity contribution in [3.05, 3.63) is 53.3 Å². The van der Waals surface area contributed by atoms with Gasteiger partial charge in [-0.2, -0.15) is 5.10 Å².